The maximum absolute atomic E-state index is 5.64. The molecular weight excluding hydrogens is 324 g/mol. The number of halogens is 1. The largest absolute Gasteiger partial charge is 0.386 e. The van der Waals surface area contributed by atoms with Gasteiger partial charge in [0, 0.05) is 24.0 Å². The van der Waals surface area contributed by atoms with E-state index in [1.807, 2.05) is 52.1 Å². The van der Waals surface area contributed by atoms with E-state index in [-0.39, 0.29) is 5.88 Å². The molecule has 124 valence electrons. The fourth-order valence-electron chi connectivity index (χ4n) is 2.50. The average Bonchev–Trinajstić information content (AvgIpc) is 3.21. The van der Waals surface area contributed by atoms with Crippen LogP contribution in [0.4, 0.5) is 5.69 Å². The monoisotopic (exact) mass is 342 g/mol. The highest BCUT2D eigenvalue weighted by atomic mass is 35.5. The van der Waals surface area contributed by atoms with Gasteiger partial charge in [0.05, 0.1) is 29.1 Å². The Kier molecular flexibility index (Phi) is 4.66. The topological polar surface area (TPSA) is 74.0 Å². The Labute approximate surface area is 145 Å². The van der Waals surface area contributed by atoms with Crippen LogP contribution in [0, 0.1) is 6.92 Å². The molecule has 0 bridgehead atoms. The minimum atomic E-state index is 0.217. The summed E-state index contributed by atoms with van der Waals surface area (Å²) < 4.78 is 3.79. The number of nitrogens with two attached hydrogens (primary N) is 1. The highest BCUT2D eigenvalue weighted by Gasteiger charge is 2.11. The number of hydrogen-bond acceptors (Lipinski definition) is 3. The Morgan fingerprint density at radius 2 is 2.00 bits per heavy atom. The first-order chi connectivity index (χ1) is 11.6. The molecule has 0 spiro atoms. The lowest BCUT2D eigenvalue weighted by Crippen LogP contribution is -2.12. The first-order valence-corrected chi connectivity index (χ1v) is 8.23. The van der Waals surface area contributed by atoms with Crippen LogP contribution in [0.15, 0.2) is 47.7 Å². The van der Waals surface area contributed by atoms with Crippen molar-refractivity contribution in [3.63, 3.8) is 0 Å². The minimum Gasteiger partial charge on any atom is -0.386 e. The molecular formula is C17H19ClN6. The number of amidine groups is 1. The van der Waals surface area contributed by atoms with Gasteiger partial charge in [-0.3, -0.25) is 4.68 Å². The molecule has 0 fully saturated rings. The third-order valence-electron chi connectivity index (χ3n) is 3.79. The lowest BCUT2D eigenvalue weighted by molar-refractivity contribution is 0.640. The van der Waals surface area contributed by atoms with E-state index in [1.165, 1.54) is 0 Å². The highest BCUT2D eigenvalue weighted by Crippen LogP contribution is 2.23. The van der Waals surface area contributed by atoms with E-state index in [2.05, 4.69) is 29.0 Å². The first-order valence-electron chi connectivity index (χ1n) is 7.70. The summed E-state index contributed by atoms with van der Waals surface area (Å²) in [4.78, 5) is 4.21. The van der Waals surface area contributed by atoms with Crippen LogP contribution in [0.2, 0.25) is 0 Å². The molecule has 0 radical (unpaired) electrons. The zero-order valence-corrected chi connectivity index (χ0v) is 14.4. The van der Waals surface area contributed by atoms with Gasteiger partial charge in [-0.05, 0) is 44.2 Å². The summed E-state index contributed by atoms with van der Waals surface area (Å²) in [6.45, 7) is 4.97. The van der Waals surface area contributed by atoms with Crippen molar-refractivity contribution in [1.82, 2.24) is 19.6 Å². The second-order valence-electron chi connectivity index (χ2n) is 5.36. The summed E-state index contributed by atoms with van der Waals surface area (Å²) in [5.74, 6) is 0.615. The van der Waals surface area contributed by atoms with Crippen LogP contribution in [-0.2, 0) is 6.54 Å². The van der Waals surface area contributed by atoms with E-state index in [4.69, 9.17) is 17.3 Å². The number of rotatable bonds is 5. The molecule has 0 amide bonds. The normalized spacial score (nSPS) is 11.9. The zero-order chi connectivity index (χ0) is 17.1. The van der Waals surface area contributed by atoms with E-state index < -0.39 is 0 Å². The van der Waals surface area contributed by atoms with Gasteiger partial charge in [-0.1, -0.05) is 0 Å². The van der Waals surface area contributed by atoms with Gasteiger partial charge in [0.25, 0.3) is 0 Å². The summed E-state index contributed by atoms with van der Waals surface area (Å²) in [6.07, 6.45) is 3.79. The summed E-state index contributed by atoms with van der Waals surface area (Å²) >= 11 is 5.64. The Morgan fingerprint density at radius 3 is 2.62 bits per heavy atom. The maximum atomic E-state index is 5.64. The molecule has 2 N–H and O–H groups in total. The Bertz CT molecular complexity index is 860. The van der Waals surface area contributed by atoms with E-state index in [1.54, 1.807) is 0 Å². The number of hydrogen-bond donors (Lipinski definition) is 1. The molecule has 2 aromatic heterocycles. The van der Waals surface area contributed by atoms with Crippen molar-refractivity contribution in [1.29, 1.82) is 0 Å². The fraction of sp³-hybridized carbons (Fsp3) is 0.235. The molecule has 2 heterocycles. The zero-order valence-electron chi connectivity index (χ0n) is 13.6. The molecule has 24 heavy (non-hydrogen) atoms. The minimum absolute atomic E-state index is 0.217. The van der Waals surface area contributed by atoms with Crippen LogP contribution in [0.5, 0.6) is 0 Å². The average molecular weight is 343 g/mol. The van der Waals surface area contributed by atoms with Gasteiger partial charge in [-0.2, -0.15) is 10.2 Å². The molecule has 1 aromatic carbocycles. The summed E-state index contributed by atoms with van der Waals surface area (Å²) in [5, 5.41) is 9.02. The predicted octanol–water partition coefficient (Wildman–Crippen LogP) is 3.29. The van der Waals surface area contributed by atoms with Gasteiger partial charge in [0.2, 0.25) is 0 Å². The smallest absolute Gasteiger partial charge is 0.115 e. The van der Waals surface area contributed by atoms with Crippen LogP contribution >= 0.6 is 11.6 Å². The van der Waals surface area contributed by atoms with E-state index in [0.29, 0.717) is 5.84 Å². The third-order valence-corrected chi connectivity index (χ3v) is 4.07. The van der Waals surface area contributed by atoms with Crippen molar-refractivity contribution in [2.45, 2.75) is 20.4 Å². The van der Waals surface area contributed by atoms with Gasteiger partial charge < -0.3 is 5.73 Å². The fourth-order valence-corrected chi connectivity index (χ4v) is 2.56. The van der Waals surface area contributed by atoms with E-state index >= 15 is 0 Å². The van der Waals surface area contributed by atoms with Crippen LogP contribution in [0.3, 0.4) is 0 Å². The molecule has 0 unspecified atom stereocenters. The molecule has 0 aliphatic heterocycles. The standard InChI is InChI=1S/C17H19ClN6/c1-3-23-12(2)15(11-20-23)16-8-9-24(22-16)14-6-4-13(5-7-14)21-17(19)10-18/h4-9,11H,3,10H2,1-2H3,(H2,19,21). The number of nitrogens with zero attached hydrogens (tertiary/aromatic N) is 5. The Morgan fingerprint density at radius 1 is 1.25 bits per heavy atom. The second kappa shape index (κ2) is 6.88. The number of aryl methyl sites for hydroxylation is 1. The second-order valence-corrected chi connectivity index (χ2v) is 5.63. The molecule has 6 nitrogen and oxygen atoms in total. The maximum Gasteiger partial charge on any atom is 0.115 e. The van der Waals surface area contributed by atoms with Crippen LogP contribution in [0.25, 0.3) is 16.9 Å². The van der Waals surface area contributed by atoms with E-state index in [0.717, 1.165) is 34.9 Å². The number of benzene rings is 1. The van der Waals surface area contributed by atoms with Crippen molar-refractivity contribution >= 4 is 23.1 Å². The van der Waals surface area contributed by atoms with Crippen molar-refractivity contribution in [3.05, 3.63) is 48.4 Å². The number of aliphatic imine (C=N–C) groups is 1. The van der Waals surface area contributed by atoms with Crippen molar-refractivity contribution < 1.29 is 0 Å². The molecule has 0 saturated carbocycles. The molecule has 0 atom stereocenters. The summed E-state index contributed by atoms with van der Waals surface area (Å²) in [6, 6.07) is 9.65. The molecule has 0 saturated heterocycles. The highest BCUT2D eigenvalue weighted by molar-refractivity contribution is 6.28. The third kappa shape index (κ3) is 3.19. The lowest BCUT2D eigenvalue weighted by Gasteiger charge is -2.03. The Hall–Kier alpha value is -2.60. The number of alkyl halides is 1. The first kappa shape index (κ1) is 16.3. The van der Waals surface area contributed by atoms with Crippen LogP contribution in [-0.4, -0.2) is 31.3 Å². The summed E-state index contributed by atoms with van der Waals surface area (Å²) in [5.41, 5.74) is 10.4. The lowest BCUT2D eigenvalue weighted by atomic mass is 10.2. The molecule has 3 rings (SSSR count). The van der Waals surface area contributed by atoms with Crippen molar-refractivity contribution in [2.24, 2.45) is 10.7 Å². The van der Waals surface area contributed by atoms with Gasteiger partial charge >= 0.3 is 0 Å². The quantitative estimate of drug-likeness (QED) is 0.439. The molecule has 3 aromatic rings. The predicted molar refractivity (Wildman–Crippen MR) is 97.2 cm³/mol. The van der Waals surface area contributed by atoms with Crippen molar-refractivity contribution in [2.75, 3.05) is 5.88 Å². The van der Waals surface area contributed by atoms with Gasteiger partial charge in [-0.25, -0.2) is 9.67 Å². The SMILES string of the molecule is CCn1ncc(-c2ccn(-c3ccc(N=C(N)CCl)cc3)n2)c1C. The summed E-state index contributed by atoms with van der Waals surface area (Å²) in [7, 11) is 0. The van der Waals surface area contributed by atoms with Gasteiger partial charge in [0.15, 0.2) is 0 Å². The van der Waals surface area contributed by atoms with Crippen molar-refractivity contribution in [3.8, 4) is 16.9 Å². The van der Waals surface area contributed by atoms with Crippen LogP contribution in [0.1, 0.15) is 12.6 Å². The Balaban J connectivity index is 1.86. The number of aromatic nitrogens is 4. The molecule has 0 aliphatic carbocycles. The molecule has 7 heteroatoms. The van der Waals surface area contributed by atoms with Gasteiger partial charge in [0.1, 0.15) is 5.84 Å². The van der Waals surface area contributed by atoms with Gasteiger partial charge in [-0.15, -0.1) is 11.6 Å². The molecule has 0 aliphatic rings. The van der Waals surface area contributed by atoms with E-state index in [9.17, 15) is 0 Å². The van der Waals surface area contributed by atoms with Crippen LogP contribution < -0.4 is 5.73 Å².